The maximum atomic E-state index is 13.9. The summed E-state index contributed by atoms with van der Waals surface area (Å²) in [7, 11) is 1.75. The normalized spacial score (nSPS) is 19.5. The molecule has 0 atom stereocenters. The van der Waals surface area contributed by atoms with Crippen molar-refractivity contribution < 1.29 is 9.59 Å². The van der Waals surface area contributed by atoms with E-state index in [1.54, 1.807) is 13.3 Å². The van der Waals surface area contributed by atoms with Crippen molar-refractivity contribution in [3.8, 4) is 0 Å². The van der Waals surface area contributed by atoms with E-state index in [1.165, 1.54) is 0 Å². The predicted molar refractivity (Wildman–Crippen MR) is 175 cm³/mol. The molecule has 0 amide bonds. The zero-order valence-corrected chi connectivity index (χ0v) is 27.1. The lowest BCUT2D eigenvalue weighted by Gasteiger charge is -2.38. The van der Waals surface area contributed by atoms with E-state index in [9.17, 15) is 9.59 Å². The van der Waals surface area contributed by atoms with Gasteiger partial charge in [0.25, 0.3) is 0 Å². The highest BCUT2D eigenvalue weighted by atomic mass is 16.1. The van der Waals surface area contributed by atoms with E-state index in [-0.39, 0.29) is 33.2 Å². The first kappa shape index (κ1) is 32.2. The number of allylic oxidation sites excluding steroid dienone is 11. The summed E-state index contributed by atoms with van der Waals surface area (Å²) in [6.45, 7) is 21.2. The molecule has 3 nitrogen and oxygen atoms in total. The molecule has 1 aromatic rings. The number of rotatable bonds is 7. The summed E-state index contributed by atoms with van der Waals surface area (Å²) < 4.78 is 0. The van der Waals surface area contributed by atoms with Crippen LogP contribution >= 0.6 is 0 Å². The van der Waals surface area contributed by atoms with Crippen LogP contribution in [0.1, 0.15) is 87.6 Å². The van der Waals surface area contributed by atoms with Crippen molar-refractivity contribution in [1.29, 1.82) is 0 Å². The van der Waals surface area contributed by atoms with Gasteiger partial charge in [-0.05, 0) is 87.7 Å². The Morgan fingerprint density at radius 2 is 1.02 bits per heavy atom. The Balaban J connectivity index is 1.97. The van der Waals surface area contributed by atoms with Gasteiger partial charge in [-0.1, -0.05) is 99.6 Å². The van der Waals surface area contributed by atoms with Crippen molar-refractivity contribution >= 4 is 23.9 Å². The van der Waals surface area contributed by atoms with Crippen molar-refractivity contribution in [2.45, 2.75) is 82.1 Å². The zero-order valence-electron chi connectivity index (χ0n) is 27.1. The van der Waals surface area contributed by atoms with Gasteiger partial charge in [-0.25, -0.2) is 0 Å². The Morgan fingerprint density at radius 1 is 0.610 bits per heavy atom. The lowest BCUT2D eigenvalue weighted by atomic mass is 9.65. The Hall–Kier alpha value is -3.33. The molecule has 218 valence electrons. The summed E-state index contributed by atoms with van der Waals surface area (Å²) in [5.74, 6) is 0.241. The van der Waals surface area contributed by atoms with Crippen LogP contribution in [-0.4, -0.2) is 24.8 Å². The van der Waals surface area contributed by atoms with Crippen molar-refractivity contribution in [3.63, 3.8) is 0 Å². The predicted octanol–water partition coefficient (Wildman–Crippen LogP) is 9.49. The third kappa shape index (κ3) is 7.70. The van der Waals surface area contributed by atoms with Crippen molar-refractivity contribution in [2.75, 3.05) is 7.05 Å². The SMILES string of the molecule is CN=C/C=C1\C=C(C(C)(C)C)C(=O)C(C(C)(C)CCC(C)(C)C2=C/C(=C\c3ccccc3)C=C(C(C)(C)C)C2=O)=C1. The number of carbonyl (C=O) groups is 2. The van der Waals surface area contributed by atoms with E-state index in [4.69, 9.17) is 0 Å². The molecule has 0 N–H and O–H groups in total. The number of ketones is 2. The molecule has 0 heterocycles. The fourth-order valence-corrected chi connectivity index (χ4v) is 5.40. The minimum Gasteiger partial charge on any atom is -0.296 e. The van der Waals surface area contributed by atoms with Gasteiger partial charge >= 0.3 is 0 Å². The van der Waals surface area contributed by atoms with Crippen LogP contribution in [0.4, 0.5) is 0 Å². The number of aliphatic imine (C=N–C) groups is 1. The van der Waals surface area contributed by atoms with Crippen LogP contribution in [0.2, 0.25) is 0 Å². The fraction of sp³-hybridized carbons (Fsp3) is 0.447. The molecule has 0 unspecified atom stereocenters. The minimum absolute atomic E-state index is 0.116. The third-order valence-electron chi connectivity index (χ3n) is 8.22. The number of nitrogens with zero attached hydrogens (tertiary/aromatic N) is 1. The average Bonchev–Trinajstić information content (AvgIpc) is 2.87. The van der Waals surface area contributed by atoms with Gasteiger partial charge in [-0.3, -0.25) is 14.6 Å². The van der Waals surface area contributed by atoms with Crippen LogP contribution in [0.15, 0.2) is 99.1 Å². The highest BCUT2D eigenvalue weighted by molar-refractivity contribution is 6.13. The number of carbonyl (C=O) groups excluding carboxylic acids is 2. The summed E-state index contributed by atoms with van der Waals surface area (Å²) in [6.07, 6.45) is 15.6. The molecular formula is C38H49NO2. The Bertz CT molecular complexity index is 1400. The second-order valence-electron chi connectivity index (χ2n) is 14.8. The molecule has 0 fully saturated rings. The number of hydrogen-bond donors (Lipinski definition) is 0. The fourth-order valence-electron chi connectivity index (χ4n) is 5.40. The molecule has 3 rings (SSSR count). The topological polar surface area (TPSA) is 46.5 Å². The van der Waals surface area contributed by atoms with Gasteiger partial charge in [-0.15, -0.1) is 0 Å². The maximum Gasteiger partial charge on any atom is 0.186 e. The first-order valence-corrected chi connectivity index (χ1v) is 14.7. The van der Waals surface area contributed by atoms with E-state index in [1.807, 2.05) is 36.4 Å². The quantitative estimate of drug-likeness (QED) is 0.317. The molecular weight excluding hydrogens is 502 g/mol. The van der Waals surface area contributed by atoms with E-state index in [2.05, 4.69) is 105 Å². The number of hydrogen-bond acceptors (Lipinski definition) is 3. The summed E-state index contributed by atoms with van der Waals surface area (Å²) in [5, 5.41) is 0. The molecule has 0 aromatic heterocycles. The second-order valence-corrected chi connectivity index (χ2v) is 14.8. The molecule has 0 aliphatic heterocycles. The van der Waals surface area contributed by atoms with Crippen molar-refractivity contribution in [3.05, 3.63) is 99.7 Å². The molecule has 0 saturated carbocycles. The largest absolute Gasteiger partial charge is 0.296 e. The first-order chi connectivity index (χ1) is 18.9. The van der Waals surface area contributed by atoms with Crippen molar-refractivity contribution in [1.82, 2.24) is 0 Å². The van der Waals surface area contributed by atoms with E-state index >= 15 is 0 Å². The molecule has 1 aromatic carbocycles. The van der Waals surface area contributed by atoms with Crippen molar-refractivity contribution in [2.24, 2.45) is 26.7 Å². The van der Waals surface area contributed by atoms with Crippen LogP contribution in [-0.2, 0) is 9.59 Å². The van der Waals surface area contributed by atoms with Gasteiger partial charge in [0.15, 0.2) is 11.6 Å². The third-order valence-corrected chi connectivity index (χ3v) is 8.22. The highest BCUT2D eigenvalue weighted by Gasteiger charge is 2.40. The Morgan fingerprint density at radius 3 is 1.46 bits per heavy atom. The van der Waals surface area contributed by atoms with Gasteiger partial charge in [0.1, 0.15) is 0 Å². The number of Topliss-reactive ketones (excluding diaryl/α,β-unsaturated/α-hetero) is 2. The van der Waals surface area contributed by atoms with Gasteiger partial charge < -0.3 is 0 Å². The first-order valence-electron chi connectivity index (χ1n) is 14.7. The molecule has 2 aliphatic carbocycles. The maximum absolute atomic E-state index is 13.9. The Kier molecular flexibility index (Phi) is 9.33. The monoisotopic (exact) mass is 551 g/mol. The van der Waals surface area contributed by atoms with Crippen LogP contribution in [0.25, 0.3) is 6.08 Å². The van der Waals surface area contributed by atoms with Gasteiger partial charge in [0.2, 0.25) is 0 Å². The molecule has 0 radical (unpaired) electrons. The van der Waals surface area contributed by atoms with E-state index < -0.39 is 0 Å². The molecule has 41 heavy (non-hydrogen) atoms. The zero-order chi connectivity index (χ0) is 30.8. The molecule has 0 spiro atoms. The van der Waals surface area contributed by atoms with E-state index in [0.717, 1.165) is 51.8 Å². The number of benzene rings is 1. The summed E-state index contributed by atoms with van der Waals surface area (Å²) in [6, 6.07) is 10.2. The molecule has 0 saturated heterocycles. The smallest absolute Gasteiger partial charge is 0.186 e. The van der Waals surface area contributed by atoms with Crippen LogP contribution < -0.4 is 0 Å². The van der Waals surface area contributed by atoms with Gasteiger partial charge in [-0.2, -0.15) is 0 Å². The Labute approximate surface area is 248 Å². The van der Waals surface area contributed by atoms with Crippen LogP contribution in [0, 0.1) is 21.7 Å². The lowest BCUT2D eigenvalue weighted by Crippen LogP contribution is -2.32. The van der Waals surface area contributed by atoms with Crippen LogP contribution in [0.5, 0.6) is 0 Å². The van der Waals surface area contributed by atoms with Crippen LogP contribution in [0.3, 0.4) is 0 Å². The van der Waals surface area contributed by atoms with Gasteiger partial charge in [0, 0.05) is 35.6 Å². The molecule has 2 aliphatic rings. The summed E-state index contributed by atoms with van der Waals surface area (Å²) >= 11 is 0. The van der Waals surface area contributed by atoms with Gasteiger partial charge in [0.05, 0.1) is 0 Å². The standard InChI is InChI=1S/C38H49NO2/c1-35(2,3)29-22-27(17-20-39-11)23-31(33(29)40)37(7,8)18-19-38(9,10)32-25-28(21-26-15-13-12-14-16-26)24-30(34(32)41)36(4,5)6/h12-17,20-25H,18-19H2,1-11H3/b27-17+,28-21-,39-20?. The summed E-state index contributed by atoms with van der Waals surface area (Å²) in [4.78, 5) is 31.9. The van der Waals surface area contributed by atoms with E-state index in [0.29, 0.717) is 0 Å². The summed E-state index contributed by atoms with van der Waals surface area (Å²) in [5.41, 5.74) is 5.13. The second kappa shape index (κ2) is 11.9. The molecule has 3 heteroatoms. The minimum atomic E-state index is -0.386. The molecule has 0 bridgehead atoms. The highest BCUT2D eigenvalue weighted by Crippen LogP contribution is 2.46. The lowest BCUT2D eigenvalue weighted by molar-refractivity contribution is -0.115. The average molecular weight is 552 g/mol.